The van der Waals surface area contributed by atoms with E-state index in [1.54, 1.807) is 0 Å². The summed E-state index contributed by atoms with van der Waals surface area (Å²) in [7, 11) is 0. The van der Waals surface area contributed by atoms with Crippen LogP contribution in [0.1, 0.15) is 23.1 Å². The van der Waals surface area contributed by atoms with E-state index in [9.17, 15) is 4.79 Å². The van der Waals surface area contributed by atoms with Crippen LogP contribution in [0.3, 0.4) is 0 Å². The van der Waals surface area contributed by atoms with Gasteiger partial charge in [0.15, 0.2) is 0 Å². The fourth-order valence-electron chi connectivity index (χ4n) is 2.09. The molecule has 2 aromatic rings. The van der Waals surface area contributed by atoms with E-state index in [1.165, 1.54) is 11.1 Å². The number of rotatable bonds is 5. The maximum Gasteiger partial charge on any atom is 0.224 e. The van der Waals surface area contributed by atoms with Gasteiger partial charge in [0.2, 0.25) is 5.91 Å². The van der Waals surface area contributed by atoms with Crippen LogP contribution in [0.2, 0.25) is 0 Å². The molecule has 0 bridgehead atoms. The Hall–Kier alpha value is -1.80. The van der Waals surface area contributed by atoms with Crippen molar-refractivity contribution in [2.24, 2.45) is 0 Å². The second kappa shape index (κ2) is 7.11. The summed E-state index contributed by atoms with van der Waals surface area (Å²) in [5.74, 6) is 0.479. The first kappa shape index (κ1) is 14.6. The molecule has 1 amide bonds. The molecule has 0 aliphatic carbocycles. The zero-order valence-corrected chi connectivity index (χ0v) is 12.3. The lowest BCUT2D eigenvalue weighted by Gasteiger charge is -2.08. The summed E-state index contributed by atoms with van der Waals surface area (Å²) in [6, 6.07) is 15.8. The Morgan fingerprint density at radius 2 is 1.95 bits per heavy atom. The average Bonchev–Trinajstić information content (AvgIpc) is 2.46. The minimum absolute atomic E-state index is 0.0278. The molecule has 0 unspecified atom stereocenters. The molecule has 0 aliphatic rings. The lowest BCUT2D eigenvalue weighted by Crippen LogP contribution is -2.12. The molecule has 0 radical (unpaired) electrons. The van der Waals surface area contributed by atoms with Gasteiger partial charge in [0, 0.05) is 18.0 Å². The summed E-state index contributed by atoms with van der Waals surface area (Å²) in [4.78, 5) is 12.0. The maximum atomic E-state index is 12.0. The molecule has 2 rings (SSSR count). The van der Waals surface area contributed by atoms with Crippen molar-refractivity contribution >= 4 is 23.2 Å². The van der Waals surface area contributed by atoms with Crippen molar-refractivity contribution in [1.29, 1.82) is 0 Å². The second-order valence-electron chi connectivity index (χ2n) is 4.81. The molecule has 0 saturated carbocycles. The number of anilines is 1. The third kappa shape index (κ3) is 4.10. The fourth-order valence-corrected chi connectivity index (χ4v) is 2.26. The molecule has 0 heterocycles. The average molecular weight is 288 g/mol. The molecule has 0 atom stereocenters. The summed E-state index contributed by atoms with van der Waals surface area (Å²) in [6.45, 7) is 2.07. The molecule has 104 valence electrons. The number of aryl methyl sites for hydroxylation is 2. The van der Waals surface area contributed by atoms with Crippen molar-refractivity contribution < 1.29 is 4.79 Å². The largest absolute Gasteiger partial charge is 0.326 e. The summed E-state index contributed by atoms with van der Waals surface area (Å²) in [5.41, 5.74) is 4.25. The molecule has 0 fully saturated rings. The molecular formula is C17H18ClNO. The number of carbonyl (C=O) groups excluding carboxylic acids is 1. The first-order chi connectivity index (χ1) is 9.69. The number of carbonyl (C=O) groups is 1. The fraction of sp³-hybridized carbons (Fsp3) is 0.235. The molecule has 20 heavy (non-hydrogen) atoms. The van der Waals surface area contributed by atoms with Crippen LogP contribution in [-0.4, -0.2) is 5.91 Å². The first-order valence-corrected chi connectivity index (χ1v) is 7.22. The van der Waals surface area contributed by atoms with Crippen LogP contribution in [0, 0.1) is 6.92 Å². The predicted molar refractivity (Wildman–Crippen MR) is 84.1 cm³/mol. The van der Waals surface area contributed by atoms with Gasteiger partial charge in [-0.3, -0.25) is 4.79 Å². The van der Waals surface area contributed by atoms with Crippen molar-refractivity contribution in [2.75, 3.05) is 5.32 Å². The van der Waals surface area contributed by atoms with Gasteiger partial charge in [0.1, 0.15) is 0 Å². The number of nitrogens with one attached hydrogen (secondary N) is 1. The molecule has 2 aromatic carbocycles. The first-order valence-electron chi connectivity index (χ1n) is 6.68. The van der Waals surface area contributed by atoms with Crippen LogP contribution >= 0.6 is 11.6 Å². The van der Waals surface area contributed by atoms with E-state index in [1.807, 2.05) is 36.4 Å². The van der Waals surface area contributed by atoms with Gasteiger partial charge in [0.25, 0.3) is 0 Å². The normalized spacial score (nSPS) is 10.3. The van der Waals surface area contributed by atoms with Crippen molar-refractivity contribution in [2.45, 2.75) is 25.6 Å². The van der Waals surface area contributed by atoms with E-state index >= 15 is 0 Å². The van der Waals surface area contributed by atoms with Gasteiger partial charge in [-0.15, -0.1) is 11.6 Å². The van der Waals surface area contributed by atoms with E-state index in [2.05, 4.69) is 24.4 Å². The topological polar surface area (TPSA) is 29.1 Å². The number of amides is 1. The number of hydrogen-bond donors (Lipinski definition) is 1. The number of halogens is 1. The predicted octanol–water partition coefficient (Wildman–Crippen LogP) is 4.31. The Morgan fingerprint density at radius 3 is 2.70 bits per heavy atom. The van der Waals surface area contributed by atoms with Crippen LogP contribution in [-0.2, 0) is 17.1 Å². The van der Waals surface area contributed by atoms with Gasteiger partial charge in [-0.2, -0.15) is 0 Å². The Labute approximate surface area is 124 Å². The van der Waals surface area contributed by atoms with Crippen molar-refractivity contribution in [3.63, 3.8) is 0 Å². The van der Waals surface area contributed by atoms with Gasteiger partial charge >= 0.3 is 0 Å². The van der Waals surface area contributed by atoms with Crippen molar-refractivity contribution in [1.82, 2.24) is 0 Å². The molecule has 3 heteroatoms. The van der Waals surface area contributed by atoms with E-state index < -0.39 is 0 Å². The highest BCUT2D eigenvalue weighted by atomic mass is 35.5. The highest BCUT2D eigenvalue weighted by Crippen LogP contribution is 2.14. The lowest BCUT2D eigenvalue weighted by atomic mass is 10.0. The highest BCUT2D eigenvalue weighted by Gasteiger charge is 2.05. The van der Waals surface area contributed by atoms with E-state index in [0.29, 0.717) is 12.3 Å². The highest BCUT2D eigenvalue weighted by molar-refractivity contribution is 6.17. The third-order valence-corrected chi connectivity index (χ3v) is 3.56. The number of hydrogen-bond acceptors (Lipinski definition) is 1. The van der Waals surface area contributed by atoms with Crippen LogP contribution in [0.4, 0.5) is 5.69 Å². The number of alkyl halides is 1. The Morgan fingerprint density at radius 1 is 1.15 bits per heavy atom. The standard InChI is InChI=1S/C17H18ClNO/c1-13-5-2-3-7-15(13)9-10-17(20)19-16-8-4-6-14(11-16)12-18/h2-8,11H,9-10,12H2,1H3,(H,19,20). The van der Waals surface area contributed by atoms with Crippen LogP contribution < -0.4 is 5.32 Å². The Bertz CT molecular complexity index is 595. The summed E-state index contributed by atoms with van der Waals surface area (Å²) in [6.07, 6.45) is 1.24. The van der Waals surface area contributed by atoms with E-state index in [-0.39, 0.29) is 5.91 Å². The SMILES string of the molecule is Cc1ccccc1CCC(=O)Nc1cccc(CCl)c1. The minimum atomic E-state index is 0.0278. The summed E-state index contributed by atoms with van der Waals surface area (Å²) in [5, 5.41) is 2.91. The second-order valence-corrected chi connectivity index (χ2v) is 5.08. The van der Waals surface area contributed by atoms with Gasteiger partial charge in [-0.1, -0.05) is 36.4 Å². The molecule has 0 aliphatic heterocycles. The summed E-state index contributed by atoms with van der Waals surface area (Å²) < 4.78 is 0. The quantitative estimate of drug-likeness (QED) is 0.816. The van der Waals surface area contributed by atoms with Gasteiger partial charge < -0.3 is 5.32 Å². The van der Waals surface area contributed by atoms with Gasteiger partial charge in [-0.05, 0) is 42.2 Å². The van der Waals surface area contributed by atoms with Crippen LogP contribution in [0.15, 0.2) is 48.5 Å². The van der Waals surface area contributed by atoms with Crippen LogP contribution in [0.5, 0.6) is 0 Å². The van der Waals surface area contributed by atoms with Gasteiger partial charge in [0.05, 0.1) is 0 Å². The molecule has 0 aromatic heterocycles. The van der Waals surface area contributed by atoms with Crippen molar-refractivity contribution in [3.8, 4) is 0 Å². The van der Waals surface area contributed by atoms with E-state index in [4.69, 9.17) is 11.6 Å². The van der Waals surface area contributed by atoms with Gasteiger partial charge in [-0.25, -0.2) is 0 Å². The lowest BCUT2D eigenvalue weighted by molar-refractivity contribution is -0.116. The molecular weight excluding hydrogens is 270 g/mol. The zero-order chi connectivity index (χ0) is 14.4. The van der Waals surface area contributed by atoms with Crippen LogP contribution in [0.25, 0.3) is 0 Å². The third-order valence-electron chi connectivity index (χ3n) is 3.25. The zero-order valence-electron chi connectivity index (χ0n) is 11.5. The maximum absolute atomic E-state index is 12.0. The molecule has 0 spiro atoms. The van der Waals surface area contributed by atoms with E-state index in [0.717, 1.165) is 17.7 Å². The number of benzene rings is 2. The smallest absolute Gasteiger partial charge is 0.224 e. The van der Waals surface area contributed by atoms with Crippen molar-refractivity contribution in [3.05, 3.63) is 65.2 Å². The molecule has 0 saturated heterocycles. The Kier molecular flexibility index (Phi) is 5.19. The Balaban J connectivity index is 1.91. The monoisotopic (exact) mass is 287 g/mol. The minimum Gasteiger partial charge on any atom is -0.326 e. The molecule has 2 nitrogen and oxygen atoms in total. The summed E-state index contributed by atoms with van der Waals surface area (Å²) >= 11 is 5.78. The molecule has 1 N–H and O–H groups in total.